The summed E-state index contributed by atoms with van der Waals surface area (Å²) in [5, 5.41) is 15.3. The topological polar surface area (TPSA) is 87.5 Å². The number of benzene rings is 1. The van der Waals surface area contributed by atoms with Crippen LogP contribution in [0.4, 0.5) is 9.52 Å². The third-order valence-corrected chi connectivity index (χ3v) is 7.14. The Morgan fingerprint density at radius 3 is 2.81 bits per heavy atom. The molecule has 5 rings (SSSR count). The van der Waals surface area contributed by atoms with E-state index in [-0.39, 0.29) is 41.5 Å². The van der Waals surface area contributed by atoms with Gasteiger partial charge in [-0.3, -0.25) is 14.5 Å². The second-order valence-corrected chi connectivity index (χ2v) is 8.85. The highest BCUT2D eigenvalue weighted by molar-refractivity contribution is 7.13. The molecule has 0 aliphatic carbocycles. The van der Waals surface area contributed by atoms with Gasteiger partial charge >= 0.3 is 0 Å². The van der Waals surface area contributed by atoms with E-state index in [1.165, 1.54) is 17.4 Å². The molecule has 1 aromatic carbocycles. The maximum Gasteiger partial charge on any atom is 0.258 e. The minimum absolute atomic E-state index is 0.106. The van der Waals surface area contributed by atoms with Gasteiger partial charge in [-0.05, 0) is 25.2 Å². The van der Waals surface area contributed by atoms with Crippen molar-refractivity contribution in [2.45, 2.75) is 18.6 Å². The molecule has 2 aliphatic rings. The Labute approximate surface area is 181 Å². The highest BCUT2D eigenvalue weighted by Crippen LogP contribution is 2.48. The quantitative estimate of drug-likeness (QED) is 0.650. The first-order chi connectivity index (χ1) is 15.0. The number of aliphatic hydroxyl groups is 1. The molecule has 1 fully saturated rings. The summed E-state index contributed by atoms with van der Waals surface area (Å²) in [7, 11) is 1.84. The number of nitrogens with zero attached hydrogens (tertiary/aromatic N) is 3. The lowest BCUT2D eigenvalue weighted by Gasteiger charge is -2.26. The summed E-state index contributed by atoms with van der Waals surface area (Å²) in [4.78, 5) is 32.2. The van der Waals surface area contributed by atoms with Crippen LogP contribution in [0.1, 0.15) is 11.7 Å². The summed E-state index contributed by atoms with van der Waals surface area (Å²) in [6.07, 6.45) is 1.62. The van der Waals surface area contributed by atoms with Crippen LogP contribution in [-0.2, 0) is 11.3 Å². The predicted octanol–water partition coefficient (Wildman–Crippen LogP) is 2.34. The van der Waals surface area contributed by atoms with Crippen LogP contribution in [0, 0.1) is 17.7 Å². The van der Waals surface area contributed by atoms with Crippen LogP contribution >= 0.6 is 11.3 Å². The van der Waals surface area contributed by atoms with Crippen LogP contribution in [-0.4, -0.2) is 45.2 Å². The molecule has 7 nitrogen and oxygen atoms in total. The number of nitrogens with one attached hydrogen (secondary N) is 1. The van der Waals surface area contributed by atoms with E-state index in [0.717, 1.165) is 5.69 Å². The van der Waals surface area contributed by atoms with Gasteiger partial charge in [0, 0.05) is 47.8 Å². The number of thiazole rings is 1. The van der Waals surface area contributed by atoms with Crippen LogP contribution in [0.25, 0.3) is 11.1 Å². The van der Waals surface area contributed by atoms with Gasteiger partial charge in [-0.1, -0.05) is 18.2 Å². The summed E-state index contributed by atoms with van der Waals surface area (Å²) in [6, 6.07) is 8.97. The molecule has 31 heavy (non-hydrogen) atoms. The fourth-order valence-electron chi connectivity index (χ4n) is 5.12. The molecular weight excluding hydrogens is 419 g/mol. The number of anilines is 1. The number of aliphatic hydroxyl groups excluding tert-OH is 1. The summed E-state index contributed by atoms with van der Waals surface area (Å²) in [5.41, 5.74) is 1.10. The Bertz CT molecular complexity index is 1200. The second kappa shape index (κ2) is 7.67. The third kappa shape index (κ3) is 3.12. The van der Waals surface area contributed by atoms with Crippen molar-refractivity contribution in [3.05, 3.63) is 69.8 Å². The zero-order valence-electron chi connectivity index (χ0n) is 16.7. The Morgan fingerprint density at radius 1 is 1.29 bits per heavy atom. The van der Waals surface area contributed by atoms with Crippen LogP contribution in [0.5, 0.6) is 0 Å². The zero-order chi connectivity index (χ0) is 21.7. The van der Waals surface area contributed by atoms with E-state index in [1.54, 1.807) is 40.4 Å². The van der Waals surface area contributed by atoms with Crippen LogP contribution in [0.3, 0.4) is 0 Å². The molecule has 0 unspecified atom stereocenters. The van der Waals surface area contributed by atoms with Crippen molar-refractivity contribution in [2.24, 2.45) is 11.8 Å². The summed E-state index contributed by atoms with van der Waals surface area (Å²) in [5.74, 6) is -1.11. The Morgan fingerprint density at radius 2 is 2.10 bits per heavy atom. The molecule has 0 saturated carbocycles. The first kappa shape index (κ1) is 20.0. The van der Waals surface area contributed by atoms with Gasteiger partial charge in [0.1, 0.15) is 5.82 Å². The number of amides is 1. The fourth-order valence-corrected chi connectivity index (χ4v) is 5.65. The van der Waals surface area contributed by atoms with E-state index in [0.29, 0.717) is 17.2 Å². The Hall–Kier alpha value is -2.88. The van der Waals surface area contributed by atoms with E-state index in [4.69, 9.17) is 0 Å². The van der Waals surface area contributed by atoms with Crippen molar-refractivity contribution in [3.8, 4) is 11.1 Å². The number of likely N-dealkylation sites (N-methyl/N-ethyl adjacent to an activating group) is 1. The molecule has 1 saturated heterocycles. The lowest BCUT2D eigenvalue weighted by Crippen LogP contribution is -2.44. The fraction of sp³-hybridized carbons (Fsp3) is 0.318. The van der Waals surface area contributed by atoms with Crippen molar-refractivity contribution in [1.82, 2.24) is 14.5 Å². The largest absolute Gasteiger partial charge is 0.396 e. The second-order valence-electron chi connectivity index (χ2n) is 7.96. The number of pyridine rings is 1. The van der Waals surface area contributed by atoms with E-state index < -0.39 is 11.9 Å². The number of hydrogen-bond donors (Lipinski definition) is 2. The van der Waals surface area contributed by atoms with Crippen molar-refractivity contribution in [3.63, 3.8) is 0 Å². The molecular formula is C22H21FN4O3S. The number of fused-ring (bicyclic) bond motifs is 3. The lowest BCUT2D eigenvalue weighted by atomic mass is 9.88. The average Bonchev–Trinajstić information content (AvgIpc) is 3.45. The van der Waals surface area contributed by atoms with Crippen LogP contribution in [0.15, 0.2) is 52.8 Å². The number of hydrogen-bond acceptors (Lipinski definition) is 6. The highest BCUT2D eigenvalue weighted by atomic mass is 32.1. The molecule has 2 aromatic heterocycles. The number of carbonyl (C=O) groups excluding carboxylic acids is 1. The Balaban J connectivity index is 1.50. The van der Waals surface area contributed by atoms with Gasteiger partial charge in [-0.25, -0.2) is 9.37 Å². The Kier molecular flexibility index (Phi) is 4.96. The van der Waals surface area contributed by atoms with E-state index >= 15 is 0 Å². The molecule has 0 spiro atoms. The summed E-state index contributed by atoms with van der Waals surface area (Å²) < 4.78 is 15.9. The molecule has 1 amide bonds. The zero-order valence-corrected chi connectivity index (χ0v) is 17.6. The maximum atomic E-state index is 14.3. The van der Waals surface area contributed by atoms with Crippen molar-refractivity contribution in [2.75, 3.05) is 19.0 Å². The molecule has 0 bridgehead atoms. The minimum atomic E-state index is -0.543. The van der Waals surface area contributed by atoms with Gasteiger partial charge in [0.15, 0.2) is 5.13 Å². The van der Waals surface area contributed by atoms with Gasteiger partial charge < -0.3 is 15.0 Å². The predicted molar refractivity (Wildman–Crippen MR) is 115 cm³/mol. The molecule has 2 N–H and O–H groups in total. The normalized spacial score (nSPS) is 24.7. The molecule has 2 aliphatic heterocycles. The monoisotopic (exact) mass is 440 g/mol. The van der Waals surface area contributed by atoms with Gasteiger partial charge in [-0.15, -0.1) is 11.3 Å². The van der Waals surface area contributed by atoms with E-state index in [9.17, 15) is 19.1 Å². The number of rotatable bonds is 4. The van der Waals surface area contributed by atoms with E-state index in [2.05, 4.69) is 10.3 Å². The number of aromatic nitrogens is 2. The summed E-state index contributed by atoms with van der Waals surface area (Å²) >= 11 is 1.33. The minimum Gasteiger partial charge on any atom is -0.396 e. The molecule has 0 radical (unpaired) electrons. The maximum absolute atomic E-state index is 14.3. The van der Waals surface area contributed by atoms with Gasteiger partial charge in [-0.2, -0.15) is 0 Å². The number of carbonyl (C=O) groups is 1. The van der Waals surface area contributed by atoms with Gasteiger partial charge in [0.25, 0.3) is 5.56 Å². The number of halogens is 1. The standard InChI is InChI=1S/C22H21FN4O3S/c1-26-18-14(15(11-28)19(26)20(29)25-22-24-8-9-31-22)10-27-17(18)7-6-13(21(27)30)12-4-2-3-5-16(12)23/h2-9,14-15,18-19,28H,10-11H2,1H3,(H,24,25,29)/t14-,15-,18+,19-/m0/s1. The lowest BCUT2D eigenvalue weighted by molar-refractivity contribution is -0.122. The first-order valence-electron chi connectivity index (χ1n) is 10.0. The average molecular weight is 441 g/mol. The highest BCUT2D eigenvalue weighted by Gasteiger charge is 2.54. The van der Waals surface area contributed by atoms with Gasteiger partial charge in [0.2, 0.25) is 5.91 Å². The van der Waals surface area contributed by atoms with Crippen LogP contribution < -0.4 is 10.9 Å². The molecule has 160 valence electrons. The summed E-state index contributed by atoms with van der Waals surface area (Å²) in [6.45, 7) is 0.197. The third-order valence-electron chi connectivity index (χ3n) is 6.45. The molecule has 4 heterocycles. The smallest absolute Gasteiger partial charge is 0.258 e. The number of likely N-dealkylation sites (tertiary alicyclic amines) is 1. The SMILES string of the molecule is CN1[C@H](C(=O)Nc2nccs2)[C@@H](CO)[C@@H]2Cn3c(ccc(-c4ccccc4F)c3=O)[C@@H]21. The van der Waals surface area contributed by atoms with Crippen molar-refractivity contribution in [1.29, 1.82) is 0 Å². The van der Waals surface area contributed by atoms with Gasteiger partial charge in [0.05, 0.1) is 17.6 Å². The molecule has 3 aromatic rings. The van der Waals surface area contributed by atoms with Crippen molar-refractivity contribution < 1.29 is 14.3 Å². The van der Waals surface area contributed by atoms with Crippen LogP contribution in [0.2, 0.25) is 0 Å². The van der Waals surface area contributed by atoms with E-state index in [1.807, 2.05) is 18.0 Å². The first-order valence-corrected chi connectivity index (χ1v) is 10.9. The van der Waals surface area contributed by atoms with Crippen molar-refractivity contribution >= 4 is 22.4 Å². The molecule has 9 heteroatoms. The molecule has 4 atom stereocenters.